The second-order valence-electron chi connectivity index (χ2n) is 3.53. The van der Waals surface area contributed by atoms with Crippen molar-refractivity contribution in [2.75, 3.05) is 11.1 Å². The number of benzene rings is 1. The van der Waals surface area contributed by atoms with Gasteiger partial charge in [-0.05, 0) is 36.4 Å². The van der Waals surface area contributed by atoms with E-state index in [1.54, 1.807) is 18.5 Å². The third-order valence-corrected chi connectivity index (χ3v) is 3.67. The predicted octanol–water partition coefficient (Wildman–Crippen LogP) is 3.57. The molecule has 1 heterocycles. The average molecular weight is 323 g/mol. The van der Waals surface area contributed by atoms with Crippen LogP contribution in [0.5, 0.6) is 0 Å². The monoisotopic (exact) mass is 322 g/mol. The van der Waals surface area contributed by atoms with Crippen molar-refractivity contribution in [2.24, 2.45) is 0 Å². The number of amides is 1. The van der Waals surface area contributed by atoms with Gasteiger partial charge in [-0.3, -0.25) is 9.78 Å². The van der Waals surface area contributed by atoms with Crippen LogP contribution in [0.4, 0.5) is 5.69 Å². The Labute approximate surface area is 118 Å². The molecule has 2 rings (SSSR count). The number of carbonyl (C=O) groups is 1. The first kappa shape index (κ1) is 13.1. The molecule has 1 amide bonds. The molecule has 0 atom stereocenters. The van der Waals surface area contributed by atoms with Gasteiger partial charge in [0.05, 0.1) is 17.6 Å². The van der Waals surface area contributed by atoms with Crippen LogP contribution in [0.2, 0.25) is 0 Å². The Morgan fingerprint density at radius 1 is 1.28 bits per heavy atom. The fourth-order valence-corrected chi connectivity index (χ4v) is 2.28. The first-order chi connectivity index (χ1) is 8.74. The van der Waals surface area contributed by atoms with Crippen molar-refractivity contribution in [1.82, 2.24) is 4.98 Å². The van der Waals surface area contributed by atoms with Crippen LogP contribution in [0, 0.1) is 0 Å². The zero-order chi connectivity index (χ0) is 12.8. The van der Waals surface area contributed by atoms with Gasteiger partial charge in [0.2, 0.25) is 5.91 Å². The number of thioether (sulfide) groups is 1. The van der Waals surface area contributed by atoms with Crippen LogP contribution in [0.25, 0.3) is 0 Å². The highest BCUT2D eigenvalue weighted by molar-refractivity contribution is 9.10. The molecule has 0 bridgehead atoms. The quantitative estimate of drug-likeness (QED) is 0.875. The van der Waals surface area contributed by atoms with E-state index in [1.165, 1.54) is 11.8 Å². The van der Waals surface area contributed by atoms with E-state index in [1.807, 2.05) is 30.3 Å². The van der Waals surface area contributed by atoms with Crippen LogP contribution in [0.15, 0.2) is 58.2 Å². The zero-order valence-electron chi connectivity index (χ0n) is 9.47. The molecule has 1 N–H and O–H groups in total. The molecule has 18 heavy (non-hydrogen) atoms. The van der Waals surface area contributed by atoms with E-state index in [9.17, 15) is 4.79 Å². The van der Waals surface area contributed by atoms with E-state index in [0.29, 0.717) is 5.75 Å². The Morgan fingerprint density at radius 3 is 2.72 bits per heavy atom. The fraction of sp³-hybridized carbons (Fsp3) is 0.0769. The van der Waals surface area contributed by atoms with Crippen molar-refractivity contribution in [2.45, 2.75) is 4.90 Å². The largest absolute Gasteiger partial charge is 0.324 e. The number of nitrogens with one attached hydrogen (secondary N) is 1. The maximum Gasteiger partial charge on any atom is 0.234 e. The van der Waals surface area contributed by atoms with Crippen LogP contribution >= 0.6 is 27.7 Å². The summed E-state index contributed by atoms with van der Waals surface area (Å²) < 4.78 is 1.03. The number of hydrogen-bond donors (Lipinski definition) is 1. The van der Waals surface area contributed by atoms with Crippen molar-refractivity contribution in [3.8, 4) is 0 Å². The molecule has 0 saturated carbocycles. The first-order valence-electron chi connectivity index (χ1n) is 5.32. The summed E-state index contributed by atoms with van der Waals surface area (Å²) in [6, 6.07) is 11.5. The zero-order valence-corrected chi connectivity index (χ0v) is 11.9. The summed E-state index contributed by atoms with van der Waals surface area (Å²) in [4.78, 5) is 16.7. The molecule has 1 aromatic heterocycles. The second-order valence-corrected chi connectivity index (χ2v) is 5.50. The van der Waals surface area contributed by atoms with Crippen molar-refractivity contribution in [1.29, 1.82) is 0 Å². The third kappa shape index (κ3) is 4.16. The van der Waals surface area contributed by atoms with E-state index in [2.05, 4.69) is 26.2 Å². The Kier molecular flexibility index (Phi) is 4.78. The van der Waals surface area contributed by atoms with Gasteiger partial charge < -0.3 is 5.32 Å². The number of anilines is 1. The molecule has 0 aliphatic rings. The topological polar surface area (TPSA) is 42.0 Å². The number of carbonyl (C=O) groups excluding carboxylic acids is 1. The lowest BCUT2D eigenvalue weighted by atomic mass is 10.4. The van der Waals surface area contributed by atoms with Gasteiger partial charge in [-0.1, -0.05) is 15.9 Å². The minimum atomic E-state index is -0.0316. The SMILES string of the molecule is O=C(CSc1ccc(Br)cc1)Nc1cccnc1. The van der Waals surface area contributed by atoms with E-state index in [0.717, 1.165) is 15.1 Å². The van der Waals surface area contributed by atoms with Crippen LogP contribution < -0.4 is 5.32 Å². The molecule has 92 valence electrons. The molecule has 0 radical (unpaired) electrons. The van der Waals surface area contributed by atoms with Crippen molar-refractivity contribution < 1.29 is 4.79 Å². The summed E-state index contributed by atoms with van der Waals surface area (Å²) in [5, 5.41) is 2.79. The number of halogens is 1. The Bertz CT molecular complexity index is 516. The highest BCUT2D eigenvalue weighted by Crippen LogP contribution is 2.20. The predicted molar refractivity (Wildman–Crippen MR) is 77.7 cm³/mol. The first-order valence-corrected chi connectivity index (χ1v) is 7.10. The summed E-state index contributed by atoms with van der Waals surface area (Å²) in [5.74, 6) is 0.354. The van der Waals surface area contributed by atoms with Gasteiger partial charge in [0.1, 0.15) is 0 Å². The van der Waals surface area contributed by atoms with Gasteiger partial charge in [-0.25, -0.2) is 0 Å². The molecule has 0 aliphatic carbocycles. The van der Waals surface area contributed by atoms with E-state index in [-0.39, 0.29) is 5.91 Å². The summed E-state index contributed by atoms with van der Waals surface area (Å²) >= 11 is 4.88. The minimum absolute atomic E-state index is 0.0316. The number of aromatic nitrogens is 1. The highest BCUT2D eigenvalue weighted by atomic mass is 79.9. The van der Waals surface area contributed by atoms with Crippen LogP contribution in [-0.2, 0) is 4.79 Å². The summed E-state index contributed by atoms with van der Waals surface area (Å²) in [5.41, 5.74) is 0.721. The summed E-state index contributed by atoms with van der Waals surface area (Å²) in [6.07, 6.45) is 3.30. The van der Waals surface area contributed by atoms with Gasteiger partial charge >= 0.3 is 0 Å². The molecule has 0 aliphatic heterocycles. The maximum atomic E-state index is 11.7. The molecular formula is C13H11BrN2OS. The van der Waals surface area contributed by atoms with Crippen molar-refractivity contribution in [3.63, 3.8) is 0 Å². The van der Waals surface area contributed by atoms with E-state index < -0.39 is 0 Å². The van der Waals surface area contributed by atoms with Crippen molar-refractivity contribution >= 4 is 39.3 Å². The Morgan fingerprint density at radius 2 is 2.06 bits per heavy atom. The molecule has 2 aromatic rings. The smallest absolute Gasteiger partial charge is 0.234 e. The standard InChI is InChI=1S/C13H11BrN2OS/c14-10-3-5-12(6-4-10)18-9-13(17)16-11-2-1-7-15-8-11/h1-8H,9H2,(H,16,17). The van der Waals surface area contributed by atoms with Crippen LogP contribution in [0.3, 0.4) is 0 Å². The van der Waals surface area contributed by atoms with Gasteiger partial charge in [-0.15, -0.1) is 11.8 Å². The van der Waals surface area contributed by atoms with E-state index >= 15 is 0 Å². The third-order valence-electron chi connectivity index (χ3n) is 2.13. The van der Waals surface area contributed by atoms with Gasteiger partial charge in [0, 0.05) is 15.6 Å². The molecule has 5 heteroatoms. The lowest BCUT2D eigenvalue weighted by molar-refractivity contribution is -0.113. The van der Waals surface area contributed by atoms with Gasteiger partial charge in [-0.2, -0.15) is 0 Å². The van der Waals surface area contributed by atoms with Gasteiger partial charge in [0.15, 0.2) is 0 Å². The van der Waals surface area contributed by atoms with E-state index in [4.69, 9.17) is 0 Å². The number of pyridine rings is 1. The number of hydrogen-bond acceptors (Lipinski definition) is 3. The minimum Gasteiger partial charge on any atom is -0.324 e. The maximum absolute atomic E-state index is 11.7. The molecule has 0 spiro atoms. The summed E-state index contributed by atoms with van der Waals surface area (Å²) in [6.45, 7) is 0. The average Bonchev–Trinajstić information content (AvgIpc) is 2.39. The van der Waals surface area contributed by atoms with Crippen LogP contribution in [-0.4, -0.2) is 16.6 Å². The highest BCUT2D eigenvalue weighted by Gasteiger charge is 2.03. The Hall–Kier alpha value is -1.33. The lowest BCUT2D eigenvalue weighted by Gasteiger charge is -2.04. The molecule has 3 nitrogen and oxygen atoms in total. The van der Waals surface area contributed by atoms with Gasteiger partial charge in [0.25, 0.3) is 0 Å². The van der Waals surface area contributed by atoms with Crippen LogP contribution in [0.1, 0.15) is 0 Å². The Balaban J connectivity index is 1.83. The van der Waals surface area contributed by atoms with Crippen molar-refractivity contribution in [3.05, 3.63) is 53.3 Å². The second kappa shape index (κ2) is 6.56. The molecular weight excluding hydrogens is 312 g/mol. The molecule has 0 unspecified atom stereocenters. The number of nitrogens with zero attached hydrogens (tertiary/aromatic N) is 1. The number of rotatable bonds is 4. The molecule has 0 saturated heterocycles. The molecule has 0 fully saturated rings. The normalized spacial score (nSPS) is 10.1. The lowest BCUT2D eigenvalue weighted by Crippen LogP contribution is -2.13. The fourth-order valence-electron chi connectivity index (χ4n) is 1.31. The summed E-state index contributed by atoms with van der Waals surface area (Å²) in [7, 11) is 0. The molecule has 1 aromatic carbocycles.